The van der Waals surface area contributed by atoms with Gasteiger partial charge < -0.3 is 19.3 Å². The van der Waals surface area contributed by atoms with Gasteiger partial charge in [0.1, 0.15) is 5.75 Å². The number of piperazine rings is 1. The maximum Gasteiger partial charge on any atom is 0.306 e. The van der Waals surface area contributed by atoms with Crippen molar-refractivity contribution >= 4 is 33.7 Å². The third-order valence-electron chi connectivity index (χ3n) is 4.28. The number of amides is 2. The molecule has 0 bridgehead atoms. The molecule has 0 spiro atoms. The third-order valence-corrected chi connectivity index (χ3v) is 4.78. The summed E-state index contributed by atoms with van der Waals surface area (Å²) in [5.74, 6) is 0.0886. The van der Waals surface area contributed by atoms with E-state index >= 15 is 0 Å². The molecule has 0 aromatic heterocycles. The number of carbonyl (C=O) groups is 3. The summed E-state index contributed by atoms with van der Waals surface area (Å²) >= 11 is 3.37. The van der Waals surface area contributed by atoms with E-state index in [0.717, 1.165) is 10.2 Å². The fraction of sp³-hybridized carbons (Fsp3) is 0.526. The number of benzene rings is 1. The fourth-order valence-electron chi connectivity index (χ4n) is 2.77. The minimum absolute atomic E-state index is 0.00616. The first-order valence-corrected chi connectivity index (χ1v) is 9.78. The van der Waals surface area contributed by atoms with Crippen molar-refractivity contribution in [2.24, 2.45) is 0 Å². The van der Waals surface area contributed by atoms with Gasteiger partial charge in [-0.05, 0) is 31.5 Å². The maximum atomic E-state index is 12.4. The second kappa shape index (κ2) is 10.3. The summed E-state index contributed by atoms with van der Waals surface area (Å²) < 4.78 is 11.7. The summed E-state index contributed by atoms with van der Waals surface area (Å²) in [6, 6.07) is 7.47. The predicted molar refractivity (Wildman–Crippen MR) is 103 cm³/mol. The molecule has 0 N–H and O–H groups in total. The van der Waals surface area contributed by atoms with Crippen LogP contribution in [0.5, 0.6) is 5.75 Å². The van der Waals surface area contributed by atoms with Crippen LogP contribution in [0.4, 0.5) is 0 Å². The Morgan fingerprint density at radius 1 is 1.15 bits per heavy atom. The van der Waals surface area contributed by atoms with Gasteiger partial charge in [-0.2, -0.15) is 0 Å². The van der Waals surface area contributed by atoms with Crippen molar-refractivity contribution in [3.05, 3.63) is 28.7 Å². The van der Waals surface area contributed by atoms with Gasteiger partial charge in [-0.25, -0.2) is 0 Å². The number of nitrogens with zero attached hydrogens (tertiary/aromatic N) is 2. The van der Waals surface area contributed by atoms with Crippen LogP contribution in [0.2, 0.25) is 0 Å². The molecule has 1 unspecified atom stereocenters. The Balaban J connectivity index is 1.66. The standard InChI is InChI=1S/C19H25BrN2O5/c1-14(19(25)22-10-8-21(9-11-22)15(2)23)27-18(24)7-4-12-26-17-6-3-5-16(20)13-17/h3,5-6,13-14H,4,7-12H2,1-2H3. The molecular formula is C19H25BrN2O5. The third kappa shape index (κ3) is 6.86. The van der Waals surface area contributed by atoms with Gasteiger partial charge in [-0.15, -0.1) is 0 Å². The van der Waals surface area contributed by atoms with Crippen LogP contribution in [0.15, 0.2) is 28.7 Å². The Labute approximate surface area is 167 Å². The lowest BCUT2D eigenvalue weighted by Gasteiger charge is -2.35. The van der Waals surface area contributed by atoms with Crippen LogP contribution in [0.1, 0.15) is 26.7 Å². The van der Waals surface area contributed by atoms with Crippen LogP contribution in [0.3, 0.4) is 0 Å². The van der Waals surface area contributed by atoms with E-state index in [9.17, 15) is 14.4 Å². The van der Waals surface area contributed by atoms with E-state index in [-0.39, 0.29) is 18.2 Å². The highest BCUT2D eigenvalue weighted by atomic mass is 79.9. The zero-order valence-electron chi connectivity index (χ0n) is 15.7. The number of rotatable bonds is 7. The normalized spacial score (nSPS) is 15.2. The number of ether oxygens (including phenoxy) is 2. The number of carbonyl (C=O) groups excluding carboxylic acids is 3. The molecule has 27 heavy (non-hydrogen) atoms. The SMILES string of the molecule is CC(=O)N1CCN(C(=O)C(C)OC(=O)CCCOc2cccc(Br)c2)CC1. The Kier molecular flexibility index (Phi) is 8.09. The maximum absolute atomic E-state index is 12.4. The Bertz CT molecular complexity index is 674. The highest BCUT2D eigenvalue weighted by Crippen LogP contribution is 2.18. The molecule has 1 aromatic rings. The summed E-state index contributed by atoms with van der Waals surface area (Å²) in [5, 5.41) is 0. The van der Waals surface area contributed by atoms with Crippen molar-refractivity contribution in [3.63, 3.8) is 0 Å². The average Bonchev–Trinajstić information content (AvgIpc) is 2.64. The van der Waals surface area contributed by atoms with Crippen molar-refractivity contribution in [3.8, 4) is 5.75 Å². The van der Waals surface area contributed by atoms with E-state index in [4.69, 9.17) is 9.47 Å². The molecule has 148 valence electrons. The zero-order valence-corrected chi connectivity index (χ0v) is 17.2. The van der Waals surface area contributed by atoms with Gasteiger partial charge in [0.05, 0.1) is 6.61 Å². The van der Waals surface area contributed by atoms with Crippen LogP contribution in [0.25, 0.3) is 0 Å². The highest BCUT2D eigenvalue weighted by Gasteiger charge is 2.27. The molecule has 8 heteroatoms. The minimum atomic E-state index is -0.827. The van der Waals surface area contributed by atoms with Crippen molar-refractivity contribution in [1.82, 2.24) is 9.80 Å². The van der Waals surface area contributed by atoms with Gasteiger partial charge >= 0.3 is 5.97 Å². The smallest absolute Gasteiger partial charge is 0.306 e. The van der Waals surface area contributed by atoms with Gasteiger partial charge in [0.15, 0.2) is 6.10 Å². The van der Waals surface area contributed by atoms with Crippen LogP contribution >= 0.6 is 15.9 Å². The van der Waals surface area contributed by atoms with Crippen molar-refractivity contribution in [2.75, 3.05) is 32.8 Å². The number of esters is 1. The van der Waals surface area contributed by atoms with Crippen molar-refractivity contribution in [2.45, 2.75) is 32.8 Å². The minimum Gasteiger partial charge on any atom is -0.494 e. The average molecular weight is 441 g/mol. The first-order chi connectivity index (χ1) is 12.9. The van der Waals surface area contributed by atoms with E-state index in [1.165, 1.54) is 6.92 Å². The summed E-state index contributed by atoms with van der Waals surface area (Å²) in [6.07, 6.45) is -0.139. The van der Waals surface area contributed by atoms with E-state index in [1.54, 1.807) is 16.7 Å². The molecule has 7 nitrogen and oxygen atoms in total. The zero-order chi connectivity index (χ0) is 19.8. The Morgan fingerprint density at radius 3 is 2.44 bits per heavy atom. The van der Waals surface area contributed by atoms with E-state index in [1.807, 2.05) is 24.3 Å². The van der Waals surface area contributed by atoms with Gasteiger partial charge in [0.2, 0.25) is 5.91 Å². The van der Waals surface area contributed by atoms with Gasteiger partial charge in [0, 0.05) is 44.0 Å². The molecular weight excluding hydrogens is 416 g/mol. The highest BCUT2D eigenvalue weighted by molar-refractivity contribution is 9.10. The summed E-state index contributed by atoms with van der Waals surface area (Å²) in [5.41, 5.74) is 0. The lowest BCUT2D eigenvalue weighted by Crippen LogP contribution is -2.52. The molecule has 1 aromatic carbocycles. The van der Waals surface area contributed by atoms with Crippen LogP contribution in [-0.4, -0.2) is 66.5 Å². The van der Waals surface area contributed by atoms with Crippen molar-refractivity contribution < 1.29 is 23.9 Å². The van der Waals surface area contributed by atoms with Gasteiger partial charge in [-0.3, -0.25) is 14.4 Å². The van der Waals surface area contributed by atoms with Crippen LogP contribution in [0, 0.1) is 0 Å². The summed E-state index contributed by atoms with van der Waals surface area (Å²) in [7, 11) is 0. The molecule has 1 aliphatic rings. The number of hydrogen-bond acceptors (Lipinski definition) is 5. The summed E-state index contributed by atoms with van der Waals surface area (Å²) in [4.78, 5) is 39.0. The molecule has 1 atom stereocenters. The largest absolute Gasteiger partial charge is 0.494 e. The molecule has 1 fully saturated rings. The molecule has 2 amide bonds. The quantitative estimate of drug-likeness (QED) is 0.479. The molecule has 0 saturated carbocycles. The molecule has 2 rings (SSSR count). The lowest BCUT2D eigenvalue weighted by atomic mass is 10.2. The van der Waals surface area contributed by atoms with Gasteiger partial charge in [-0.1, -0.05) is 22.0 Å². The number of halogens is 1. The van der Waals surface area contributed by atoms with Crippen LogP contribution < -0.4 is 4.74 Å². The second-order valence-electron chi connectivity index (χ2n) is 6.37. The Morgan fingerprint density at radius 2 is 1.81 bits per heavy atom. The number of hydrogen-bond donors (Lipinski definition) is 0. The molecule has 0 radical (unpaired) electrons. The topological polar surface area (TPSA) is 76.2 Å². The lowest BCUT2D eigenvalue weighted by molar-refractivity contribution is -0.160. The fourth-order valence-corrected chi connectivity index (χ4v) is 3.15. The first kappa shape index (κ1) is 21.2. The van der Waals surface area contributed by atoms with E-state index in [2.05, 4.69) is 15.9 Å². The van der Waals surface area contributed by atoms with E-state index in [0.29, 0.717) is 39.2 Å². The van der Waals surface area contributed by atoms with Crippen molar-refractivity contribution in [1.29, 1.82) is 0 Å². The molecule has 0 aliphatic carbocycles. The van der Waals surface area contributed by atoms with Gasteiger partial charge in [0.25, 0.3) is 5.91 Å². The predicted octanol–water partition coefficient (Wildman–Crippen LogP) is 2.23. The Hall–Kier alpha value is -2.09. The molecule has 1 saturated heterocycles. The molecule has 1 aliphatic heterocycles. The second-order valence-corrected chi connectivity index (χ2v) is 7.29. The monoisotopic (exact) mass is 440 g/mol. The molecule has 1 heterocycles. The summed E-state index contributed by atoms with van der Waals surface area (Å²) in [6.45, 7) is 5.42. The first-order valence-electron chi connectivity index (χ1n) is 8.99. The van der Waals surface area contributed by atoms with E-state index < -0.39 is 12.1 Å². The van der Waals surface area contributed by atoms with Crippen LogP contribution in [-0.2, 0) is 19.1 Å².